The zero-order chi connectivity index (χ0) is 19.4. The minimum Gasteiger partial charge on any atom is -0.508 e. The third-order valence-electron chi connectivity index (χ3n) is 4.09. The van der Waals surface area contributed by atoms with Gasteiger partial charge in [-0.3, -0.25) is 4.79 Å². The molecule has 1 aliphatic rings. The lowest BCUT2D eigenvalue weighted by Crippen LogP contribution is -2.48. The molecule has 27 heavy (non-hydrogen) atoms. The van der Waals surface area contributed by atoms with Crippen LogP contribution in [0.5, 0.6) is 11.5 Å². The van der Waals surface area contributed by atoms with Gasteiger partial charge in [0.2, 0.25) is 5.91 Å². The number of nitrogens with zero attached hydrogens (tertiary/aromatic N) is 1. The molecule has 8 heteroatoms. The van der Waals surface area contributed by atoms with Crippen LogP contribution >= 0.6 is 0 Å². The number of fused-ring (bicyclic) bond motifs is 1. The Labute approximate surface area is 155 Å². The summed E-state index contributed by atoms with van der Waals surface area (Å²) in [5.41, 5.74) is 1.25. The van der Waals surface area contributed by atoms with Gasteiger partial charge in [-0.2, -0.15) is 0 Å². The van der Waals surface area contributed by atoms with Crippen molar-refractivity contribution in [1.82, 2.24) is 5.32 Å². The predicted octanol–water partition coefficient (Wildman–Crippen LogP) is 0.930. The second kappa shape index (κ2) is 7.77. The number of phenolic OH excluding ortho intramolecular Hbond substituents is 1. The van der Waals surface area contributed by atoms with Gasteiger partial charge in [0.1, 0.15) is 18.3 Å². The molecule has 140 valence electrons. The molecule has 0 fully saturated rings. The number of rotatable bonds is 6. The van der Waals surface area contributed by atoms with Crippen molar-refractivity contribution >= 4 is 23.5 Å². The van der Waals surface area contributed by atoms with Gasteiger partial charge < -0.3 is 25.2 Å². The molecule has 1 aliphatic heterocycles. The van der Waals surface area contributed by atoms with E-state index in [1.807, 2.05) is 0 Å². The molecule has 1 atom stereocenters. The van der Waals surface area contributed by atoms with E-state index in [1.54, 1.807) is 36.4 Å². The molecule has 0 aromatic heterocycles. The van der Waals surface area contributed by atoms with Crippen LogP contribution < -0.4 is 15.0 Å². The van der Waals surface area contributed by atoms with E-state index < -0.39 is 23.9 Å². The third kappa shape index (κ3) is 4.55. The van der Waals surface area contributed by atoms with Crippen LogP contribution in [0.15, 0.2) is 48.5 Å². The number of carbonyl (C=O) groups is 3. The second-order valence-electron chi connectivity index (χ2n) is 6.13. The van der Waals surface area contributed by atoms with E-state index in [4.69, 9.17) is 4.74 Å². The van der Waals surface area contributed by atoms with Gasteiger partial charge in [-0.25, -0.2) is 9.59 Å². The van der Waals surface area contributed by atoms with Crippen molar-refractivity contribution in [3.05, 3.63) is 54.1 Å². The Kier molecular flexibility index (Phi) is 5.25. The number of amides is 1. The molecule has 0 radical (unpaired) electrons. The minimum atomic E-state index is -1.17. The van der Waals surface area contributed by atoms with Crippen LogP contribution in [0.1, 0.15) is 5.56 Å². The largest absolute Gasteiger partial charge is 0.508 e. The summed E-state index contributed by atoms with van der Waals surface area (Å²) in [6, 6.07) is 11.8. The number of aliphatic carboxylic acids is 1. The van der Waals surface area contributed by atoms with Crippen LogP contribution in [-0.2, 0) is 20.8 Å². The normalized spacial score (nSPS) is 14.1. The van der Waals surface area contributed by atoms with E-state index in [-0.39, 0.29) is 25.3 Å². The highest BCUT2D eigenvalue weighted by molar-refractivity contribution is 5.91. The summed E-state index contributed by atoms with van der Waals surface area (Å²) < 4.78 is 5.12. The number of hydrogen-bond acceptors (Lipinski definition) is 6. The van der Waals surface area contributed by atoms with Crippen LogP contribution in [0, 0.1) is 0 Å². The fourth-order valence-electron chi connectivity index (χ4n) is 2.82. The molecule has 2 aromatic carbocycles. The maximum Gasteiger partial charge on any atom is 0.331 e. The molecule has 0 aliphatic carbocycles. The lowest BCUT2D eigenvalue weighted by Gasteiger charge is -2.29. The number of carbonyl (C=O) groups excluding carboxylic acids is 2. The van der Waals surface area contributed by atoms with Gasteiger partial charge in [-0.15, -0.1) is 0 Å². The third-order valence-corrected chi connectivity index (χ3v) is 4.09. The first-order chi connectivity index (χ1) is 12.9. The van der Waals surface area contributed by atoms with Gasteiger partial charge in [-0.05, 0) is 29.8 Å². The lowest BCUT2D eigenvalue weighted by molar-refractivity contribution is -0.141. The molecular formula is C19H18N2O6. The molecule has 8 nitrogen and oxygen atoms in total. The van der Waals surface area contributed by atoms with Crippen LogP contribution in [-0.4, -0.2) is 47.2 Å². The Hall–Kier alpha value is -3.55. The van der Waals surface area contributed by atoms with E-state index in [0.717, 1.165) is 0 Å². The first kappa shape index (κ1) is 18.2. The van der Waals surface area contributed by atoms with E-state index in [9.17, 15) is 24.6 Å². The SMILES string of the molecule is O=C(CN1CC(=O)Oc2ccccc21)NC(Cc1ccc(O)cc1)C(=O)O. The standard InChI is InChI=1S/C19H18N2O6/c22-13-7-5-12(6-8-13)9-14(19(25)26)20-17(23)10-21-11-18(24)27-16-4-2-1-3-15(16)21/h1-8,14,22H,9-11H2,(H,20,23)(H,25,26). The first-order valence-electron chi connectivity index (χ1n) is 8.27. The van der Waals surface area contributed by atoms with Crippen LogP contribution in [0.4, 0.5) is 5.69 Å². The molecule has 1 unspecified atom stereocenters. The van der Waals surface area contributed by atoms with Gasteiger partial charge in [0.25, 0.3) is 0 Å². The van der Waals surface area contributed by atoms with Crippen LogP contribution in [0.2, 0.25) is 0 Å². The highest BCUT2D eigenvalue weighted by Crippen LogP contribution is 2.30. The number of aromatic hydroxyl groups is 1. The molecule has 1 amide bonds. The van der Waals surface area contributed by atoms with Crippen LogP contribution in [0.25, 0.3) is 0 Å². The Balaban J connectivity index is 1.67. The Morgan fingerprint density at radius 3 is 2.56 bits per heavy atom. The monoisotopic (exact) mass is 370 g/mol. The quantitative estimate of drug-likeness (QED) is 0.512. The number of esters is 1. The fraction of sp³-hybridized carbons (Fsp3) is 0.211. The summed E-state index contributed by atoms with van der Waals surface area (Å²) in [5, 5.41) is 21.2. The molecule has 2 aromatic rings. The molecule has 3 rings (SSSR count). The van der Waals surface area contributed by atoms with Gasteiger partial charge >= 0.3 is 11.9 Å². The number of nitrogens with one attached hydrogen (secondary N) is 1. The maximum absolute atomic E-state index is 12.4. The second-order valence-corrected chi connectivity index (χ2v) is 6.13. The number of anilines is 1. The van der Waals surface area contributed by atoms with Crippen molar-refractivity contribution in [3.63, 3.8) is 0 Å². The number of benzene rings is 2. The van der Waals surface area contributed by atoms with E-state index in [2.05, 4.69) is 5.32 Å². The smallest absolute Gasteiger partial charge is 0.331 e. The number of hydrogen-bond donors (Lipinski definition) is 3. The summed E-state index contributed by atoms with van der Waals surface area (Å²) in [4.78, 5) is 37.1. The Morgan fingerprint density at radius 1 is 1.15 bits per heavy atom. The maximum atomic E-state index is 12.4. The first-order valence-corrected chi connectivity index (χ1v) is 8.27. The highest BCUT2D eigenvalue weighted by atomic mass is 16.5. The zero-order valence-electron chi connectivity index (χ0n) is 14.3. The molecule has 0 saturated carbocycles. The number of phenols is 1. The van der Waals surface area contributed by atoms with E-state index in [1.165, 1.54) is 17.0 Å². The topological polar surface area (TPSA) is 116 Å². The molecule has 3 N–H and O–H groups in total. The van der Waals surface area contributed by atoms with Gasteiger partial charge in [0.15, 0.2) is 5.75 Å². The van der Waals surface area contributed by atoms with Crippen molar-refractivity contribution < 1.29 is 29.3 Å². The number of para-hydroxylation sites is 2. The summed E-state index contributed by atoms with van der Waals surface area (Å²) in [6.07, 6.45) is 0.0694. The zero-order valence-corrected chi connectivity index (χ0v) is 14.3. The number of carboxylic acids is 1. The average Bonchev–Trinajstić information content (AvgIpc) is 2.62. The molecule has 0 spiro atoms. The van der Waals surface area contributed by atoms with Crippen molar-refractivity contribution in [2.45, 2.75) is 12.5 Å². The number of ether oxygens (including phenoxy) is 1. The van der Waals surface area contributed by atoms with Crippen molar-refractivity contribution in [2.75, 3.05) is 18.0 Å². The summed E-state index contributed by atoms with van der Waals surface area (Å²) in [6.45, 7) is -0.272. The highest BCUT2D eigenvalue weighted by Gasteiger charge is 2.27. The van der Waals surface area contributed by atoms with Gasteiger partial charge in [0.05, 0.1) is 12.2 Å². The molecular weight excluding hydrogens is 352 g/mol. The predicted molar refractivity (Wildman–Crippen MR) is 95.7 cm³/mol. The molecule has 0 bridgehead atoms. The van der Waals surface area contributed by atoms with Gasteiger partial charge in [0, 0.05) is 6.42 Å². The Bertz CT molecular complexity index is 865. The van der Waals surface area contributed by atoms with E-state index in [0.29, 0.717) is 17.0 Å². The van der Waals surface area contributed by atoms with E-state index >= 15 is 0 Å². The molecule has 1 heterocycles. The average molecular weight is 370 g/mol. The Morgan fingerprint density at radius 2 is 1.85 bits per heavy atom. The summed E-state index contributed by atoms with van der Waals surface area (Å²) in [5.74, 6) is -1.74. The molecule has 0 saturated heterocycles. The minimum absolute atomic E-state index is 0.0694. The van der Waals surface area contributed by atoms with Crippen molar-refractivity contribution in [2.24, 2.45) is 0 Å². The fourth-order valence-corrected chi connectivity index (χ4v) is 2.82. The van der Waals surface area contributed by atoms with Gasteiger partial charge in [-0.1, -0.05) is 24.3 Å². The number of carboxylic acid groups (broad SMARTS) is 1. The van der Waals surface area contributed by atoms with Crippen LogP contribution in [0.3, 0.4) is 0 Å². The van der Waals surface area contributed by atoms with Crippen molar-refractivity contribution in [3.8, 4) is 11.5 Å². The lowest BCUT2D eigenvalue weighted by atomic mass is 10.1. The summed E-state index contributed by atoms with van der Waals surface area (Å²) >= 11 is 0. The van der Waals surface area contributed by atoms with Crippen molar-refractivity contribution in [1.29, 1.82) is 0 Å². The summed E-state index contributed by atoms with van der Waals surface area (Å²) in [7, 11) is 0.